The zero-order valence-corrected chi connectivity index (χ0v) is 24.5. The molecule has 5 rings (SSSR count). The Morgan fingerprint density at radius 1 is 1.10 bits per heavy atom. The lowest BCUT2D eigenvalue weighted by molar-refractivity contribution is 0.285. The number of hydrogen-bond donors (Lipinski definition) is 0. The van der Waals surface area contributed by atoms with E-state index in [9.17, 15) is 13.6 Å². The zero-order valence-electron chi connectivity index (χ0n) is 22.9. The number of nitrogens with zero attached hydrogens (tertiary/aromatic N) is 3. The molecule has 0 radical (unpaired) electrons. The molecule has 1 unspecified atom stereocenters. The van der Waals surface area contributed by atoms with Gasteiger partial charge in [-0.15, -0.1) is 11.8 Å². The lowest BCUT2D eigenvalue weighted by Gasteiger charge is -2.24. The van der Waals surface area contributed by atoms with Gasteiger partial charge in [-0.3, -0.25) is 14.3 Å². The second-order valence-electron chi connectivity index (χ2n) is 10.1. The summed E-state index contributed by atoms with van der Waals surface area (Å²) in [5, 5.41) is 0.715. The molecule has 41 heavy (non-hydrogen) atoms. The predicted octanol–water partition coefficient (Wildman–Crippen LogP) is 6.71. The van der Waals surface area contributed by atoms with Crippen molar-refractivity contribution in [1.82, 2.24) is 14.5 Å². The van der Waals surface area contributed by atoms with Gasteiger partial charge in [0.1, 0.15) is 11.6 Å². The third-order valence-corrected chi connectivity index (χ3v) is 9.02. The monoisotopic (exact) mass is 599 g/mol. The van der Waals surface area contributed by atoms with E-state index in [1.54, 1.807) is 17.7 Å². The van der Waals surface area contributed by atoms with E-state index >= 15 is 4.39 Å². The molecule has 4 aromatic rings. The molecular formula is C31H29ClF3N3O2S. The minimum atomic E-state index is -0.765. The van der Waals surface area contributed by atoms with Crippen LogP contribution in [0.1, 0.15) is 28.4 Å². The van der Waals surface area contributed by atoms with Crippen LogP contribution in [0.3, 0.4) is 0 Å². The molecule has 0 aliphatic carbocycles. The quantitative estimate of drug-likeness (QED) is 0.214. The fourth-order valence-corrected chi connectivity index (χ4v) is 6.92. The molecule has 0 bridgehead atoms. The Balaban J connectivity index is 1.61. The Bertz CT molecular complexity index is 1630. The molecule has 0 fully saturated rings. The van der Waals surface area contributed by atoms with E-state index in [-0.39, 0.29) is 45.5 Å². The van der Waals surface area contributed by atoms with Gasteiger partial charge in [0.05, 0.1) is 28.8 Å². The van der Waals surface area contributed by atoms with Gasteiger partial charge in [0, 0.05) is 54.7 Å². The van der Waals surface area contributed by atoms with E-state index in [2.05, 4.69) is 9.88 Å². The number of thioether (sulfide) groups is 1. The molecule has 1 aliphatic rings. The van der Waals surface area contributed by atoms with Crippen molar-refractivity contribution in [1.29, 1.82) is 0 Å². The normalized spacial score (nSPS) is 14.5. The maximum Gasteiger partial charge on any atom is 0.260 e. The molecule has 0 saturated heterocycles. The summed E-state index contributed by atoms with van der Waals surface area (Å²) in [6.07, 6.45) is 2.41. The summed E-state index contributed by atoms with van der Waals surface area (Å²) in [5.74, 6) is -1.70. The third-order valence-electron chi connectivity index (χ3n) is 7.45. The van der Waals surface area contributed by atoms with E-state index in [1.807, 2.05) is 25.2 Å². The first kappa shape index (κ1) is 29.2. The second-order valence-corrected chi connectivity index (χ2v) is 11.5. The van der Waals surface area contributed by atoms with Gasteiger partial charge in [-0.25, -0.2) is 13.2 Å². The van der Waals surface area contributed by atoms with Gasteiger partial charge in [0.2, 0.25) is 0 Å². The van der Waals surface area contributed by atoms with Gasteiger partial charge in [0.15, 0.2) is 11.6 Å². The minimum Gasteiger partial charge on any atom is -0.492 e. The summed E-state index contributed by atoms with van der Waals surface area (Å²) in [6, 6.07) is 12.2. The maximum absolute atomic E-state index is 15.7. The van der Waals surface area contributed by atoms with Crippen molar-refractivity contribution in [3.63, 3.8) is 0 Å². The van der Waals surface area contributed by atoms with Gasteiger partial charge < -0.3 is 9.64 Å². The van der Waals surface area contributed by atoms with Crippen LogP contribution in [0.2, 0.25) is 5.02 Å². The highest BCUT2D eigenvalue weighted by Crippen LogP contribution is 2.42. The number of pyridine rings is 2. The molecule has 2 aromatic carbocycles. The molecule has 0 saturated carbocycles. The van der Waals surface area contributed by atoms with Crippen LogP contribution in [0.15, 0.2) is 64.5 Å². The molecule has 10 heteroatoms. The molecule has 1 aliphatic heterocycles. The fourth-order valence-electron chi connectivity index (χ4n) is 5.32. The Morgan fingerprint density at radius 3 is 2.54 bits per heavy atom. The number of likely N-dealkylation sites (N-methyl/N-ethyl adjacent to an activating group) is 1. The first-order valence-electron chi connectivity index (χ1n) is 13.2. The first-order chi connectivity index (χ1) is 19.7. The molecule has 1 atom stereocenters. The number of halogens is 4. The Kier molecular flexibility index (Phi) is 8.77. The minimum absolute atomic E-state index is 0.0264. The van der Waals surface area contributed by atoms with Crippen molar-refractivity contribution in [3.05, 3.63) is 110 Å². The van der Waals surface area contributed by atoms with Crippen molar-refractivity contribution in [2.75, 3.05) is 33.0 Å². The van der Waals surface area contributed by atoms with Crippen LogP contribution in [0.25, 0.3) is 11.1 Å². The van der Waals surface area contributed by atoms with Gasteiger partial charge in [-0.1, -0.05) is 23.7 Å². The number of rotatable bonds is 9. The van der Waals surface area contributed by atoms with Gasteiger partial charge in [-0.05, 0) is 61.5 Å². The average Bonchev–Trinajstić information content (AvgIpc) is 3.36. The van der Waals surface area contributed by atoms with Crippen molar-refractivity contribution in [2.24, 2.45) is 0 Å². The summed E-state index contributed by atoms with van der Waals surface area (Å²) in [5.41, 5.74) is 1.69. The maximum atomic E-state index is 15.7. The van der Waals surface area contributed by atoms with Crippen LogP contribution in [-0.4, -0.2) is 47.5 Å². The van der Waals surface area contributed by atoms with Crippen LogP contribution in [0.5, 0.6) is 5.75 Å². The Hall–Kier alpha value is -3.27. The number of benzene rings is 2. The Morgan fingerprint density at radius 2 is 1.85 bits per heavy atom. The van der Waals surface area contributed by atoms with E-state index in [4.69, 9.17) is 16.3 Å². The van der Waals surface area contributed by atoms with Crippen LogP contribution in [0.4, 0.5) is 13.2 Å². The Labute approximate surface area is 245 Å². The molecule has 214 valence electrons. The highest BCUT2D eigenvalue weighted by molar-refractivity contribution is 7.99. The van der Waals surface area contributed by atoms with Crippen molar-refractivity contribution in [3.8, 4) is 16.9 Å². The molecular weight excluding hydrogens is 571 g/mol. The van der Waals surface area contributed by atoms with E-state index < -0.39 is 17.5 Å². The number of ether oxygens (including phenoxy) is 1. The number of methoxy groups -OCH3 is 1. The standard InChI is InChI=1S/C31H29ClF3N3O2S/c1-18-22(15-23-25(33)8-6-9-26(23)34)31-38(30(39)27(18)21-10-11-24(32)29(40-3)28(21)35)20(17-41-31)16-37(2)14-12-19-7-4-5-13-36-19/h4-11,13,20H,12,14-17H2,1-3H3. The first-order valence-corrected chi connectivity index (χ1v) is 14.5. The molecule has 3 heterocycles. The number of aromatic nitrogens is 2. The topological polar surface area (TPSA) is 47.4 Å². The summed E-state index contributed by atoms with van der Waals surface area (Å²) in [7, 11) is 3.28. The summed E-state index contributed by atoms with van der Waals surface area (Å²) in [6.45, 7) is 2.96. The lowest BCUT2D eigenvalue weighted by Crippen LogP contribution is -2.35. The molecule has 5 nitrogen and oxygen atoms in total. The van der Waals surface area contributed by atoms with E-state index in [0.29, 0.717) is 28.5 Å². The number of fused-ring (bicyclic) bond motifs is 1. The second kappa shape index (κ2) is 12.3. The van der Waals surface area contributed by atoms with Gasteiger partial charge >= 0.3 is 0 Å². The van der Waals surface area contributed by atoms with Crippen LogP contribution < -0.4 is 10.3 Å². The van der Waals surface area contributed by atoms with E-state index in [0.717, 1.165) is 18.7 Å². The third kappa shape index (κ3) is 5.76. The van der Waals surface area contributed by atoms with Gasteiger partial charge in [0.25, 0.3) is 5.56 Å². The van der Waals surface area contributed by atoms with Crippen LogP contribution >= 0.6 is 23.4 Å². The highest BCUT2D eigenvalue weighted by atomic mass is 35.5. The zero-order chi connectivity index (χ0) is 29.3. The van der Waals surface area contributed by atoms with Crippen molar-refractivity contribution < 1.29 is 17.9 Å². The lowest BCUT2D eigenvalue weighted by atomic mass is 9.94. The summed E-state index contributed by atoms with van der Waals surface area (Å²) in [4.78, 5) is 20.7. The SMILES string of the molecule is COc1c(Cl)ccc(-c2c(C)c(Cc3c(F)cccc3F)c3n(c2=O)C(CN(C)CCc2ccccn2)CS3)c1F. The highest BCUT2D eigenvalue weighted by Gasteiger charge is 2.33. The fraction of sp³-hybridized carbons (Fsp3) is 0.290. The van der Waals surface area contributed by atoms with Crippen LogP contribution in [-0.2, 0) is 12.8 Å². The molecule has 2 aromatic heterocycles. The number of hydrogen-bond acceptors (Lipinski definition) is 5. The summed E-state index contributed by atoms with van der Waals surface area (Å²) >= 11 is 7.62. The van der Waals surface area contributed by atoms with Crippen molar-refractivity contribution in [2.45, 2.75) is 30.8 Å². The average molecular weight is 600 g/mol. The summed E-state index contributed by atoms with van der Waals surface area (Å²) < 4.78 is 52.1. The smallest absolute Gasteiger partial charge is 0.260 e. The van der Waals surface area contributed by atoms with E-state index in [1.165, 1.54) is 49.2 Å². The van der Waals surface area contributed by atoms with Crippen LogP contribution in [0, 0.1) is 24.4 Å². The molecule has 0 N–H and O–H groups in total. The predicted molar refractivity (Wildman–Crippen MR) is 157 cm³/mol. The van der Waals surface area contributed by atoms with Gasteiger partial charge in [-0.2, -0.15) is 0 Å². The molecule has 0 amide bonds. The van der Waals surface area contributed by atoms with Crippen molar-refractivity contribution >= 4 is 23.4 Å². The molecule has 0 spiro atoms. The largest absolute Gasteiger partial charge is 0.492 e.